The molecular weight excluding hydrogens is 374 g/mol. The summed E-state index contributed by atoms with van der Waals surface area (Å²) in [5.74, 6) is -0.717. The van der Waals surface area contributed by atoms with Gasteiger partial charge >= 0.3 is 12.0 Å². The van der Waals surface area contributed by atoms with Crippen molar-refractivity contribution in [2.45, 2.75) is 38.6 Å². The molecule has 8 heteroatoms. The zero-order chi connectivity index (χ0) is 21.2. The molecule has 0 spiro atoms. The Morgan fingerprint density at radius 1 is 1.21 bits per heavy atom. The minimum atomic E-state index is -0.945. The van der Waals surface area contributed by atoms with E-state index in [1.807, 2.05) is 0 Å². The molecule has 0 aliphatic heterocycles. The van der Waals surface area contributed by atoms with Crippen molar-refractivity contribution in [1.29, 1.82) is 5.26 Å². The Morgan fingerprint density at radius 3 is 2.52 bits per heavy atom. The fourth-order valence-corrected chi connectivity index (χ4v) is 3.11. The molecule has 0 saturated heterocycles. The number of nitriles is 1. The zero-order valence-corrected chi connectivity index (χ0v) is 16.6. The molecule has 0 bridgehead atoms. The lowest BCUT2D eigenvalue weighted by atomic mass is 9.86. The fraction of sp³-hybridized carbons (Fsp3) is 0.429. The number of carbonyl (C=O) groups excluding carboxylic acids is 3. The second-order valence-electron chi connectivity index (χ2n) is 6.91. The summed E-state index contributed by atoms with van der Waals surface area (Å²) in [6, 6.07) is 7.88. The van der Waals surface area contributed by atoms with Crippen LogP contribution in [0.5, 0.6) is 5.75 Å². The molecule has 1 aliphatic rings. The number of urea groups is 1. The van der Waals surface area contributed by atoms with E-state index in [1.54, 1.807) is 30.3 Å². The summed E-state index contributed by atoms with van der Waals surface area (Å²) in [6.07, 6.45) is 5.43. The van der Waals surface area contributed by atoms with Crippen molar-refractivity contribution in [2.24, 2.45) is 5.92 Å². The lowest BCUT2D eigenvalue weighted by Crippen LogP contribution is -2.48. The van der Waals surface area contributed by atoms with Gasteiger partial charge in [0.15, 0.2) is 6.61 Å². The maximum absolute atomic E-state index is 12.0. The van der Waals surface area contributed by atoms with Gasteiger partial charge in [0.1, 0.15) is 17.4 Å². The van der Waals surface area contributed by atoms with Crippen molar-refractivity contribution in [3.63, 3.8) is 0 Å². The van der Waals surface area contributed by atoms with Gasteiger partial charge in [-0.15, -0.1) is 0 Å². The summed E-state index contributed by atoms with van der Waals surface area (Å²) in [5, 5.41) is 14.1. The summed E-state index contributed by atoms with van der Waals surface area (Å²) < 4.78 is 9.88. The number of ether oxygens (including phenoxy) is 2. The van der Waals surface area contributed by atoms with Crippen molar-refractivity contribution in [3.8, 4) is 11.8 Å². The first-order chi connectivity index (χ1) is 13.9. The molecule has 2 atom stereocenters. The topological polar surface area (TPSA) is 118 Å². The number of hydrogen-bond acceptors (Lipinski definition) is 6. The second-order valence-corrected chi connectivity index (χ2v) is 6.91. The third-order valence-electron chi connectivity index (χ3n) is 4.78. The normalized spacial score (nSPS) is 18.9. The highest BCUT2D eigenvalue weighted by Gasteiger charge is 2.23. The molecule has 154 valence electrons. The van der Waals surface area contributed by atoms with Crippen LogP contribution in [-0.2, 0) is 14.3 Å². The van der Waals surface area contributed by atoms with Crippen molar-refractivity contribution < 1.29 is 23.9 Å². The second kappa shape index (κ2) is 10.9. The molecule has 0 heterocycles. The van der Waals surface area contributed by atoms with Crippen LogP contribution in [-0.4, -0.2) is 37.7 Å². The summed E-state index contributed by atoms with van der Waals surface area (Å²) in [4.78, 5) is 35.8. The van der Waals surface area contributed by atoms with Crippen LogP contribution < -0.4 is 15.4 Å². The van der Waals surface area contributed by atoms with Crippen LogP contribution in [0.2, 0.25) is 0 Å². The van der Waals surface area contributed by atoms with Crippen LogP contribution in [0.1, 0.15) is 38.2 Å². The Labute approximate surface area is 169 Å². The number of imide groups is 1. The first kappa shape index (κ1) is 22.0. The SMILES string of the molecule is COc1ccc(/C=C(\C#N)C(=O)OCC(=O)NC(=O)N[C@H]2CCCC[C@H]2C)cc1. The van der Waals surface area contributed by atoms with Crippen LogP contribution in [0.3, 0.4) is 0 Å². The maximum atomic E-state index is 12.0. The highest BCUT2D eigenvalue weighted by molar-refractivity contribution is 6.00. The van der Waals surface area contributed by atoms with Crippen molar-refractivity contribution in [2.75, 3.05) is 13.7 Å². The van der Waals surface area contributed by atoms with E-state index in [1.165, 1.54) is 13.2 Å². The van der Waals surface area contributed by atoms with E-state index in [-0.39, 0.29) is 11.6 Å². The summed E-state index contributed by atoms with van der Waals surface area (Å²) in [7, 11) is 1.53. The zero-order valence-electron chi connectivity index (χ0n) is 16.6. The third-order valence-corrected chi connectivity index (χ3v) is 4.78. The summed E-state index contributed by atoms with van der Waals surface area (Å²) >= 11 is 0. The average Bonchev–Trinajstić information content (AvgIpc) is 2.72. The quantitative estimate of drug-likeness (QED) is 0.431. The van der Waals surface area contributed by atoms with Crippen LogP contribution >= 0.6 is 0 Å². The molecule has 2 N–H and O–H groups in total. The monoisotopic (exact) mass is 399 g/mol. The van der Waals surface area contributed by atoms with Gasteiger partial charge in [0, 0.05) is 6.04 Å². The predicted octanol–water partition coefficient (Wildman–Crippen LogP) is 2.55. The van der Waals surface area contributed by atoms with Crippen molar-refractivity contribution in [1.82, 2.24) is 10.6 Å². The Hall–Kier alpha value is -3.34. The minimum absolute atomic E-state index is 0.0247. The van der Waals surface area contributed by atoms with E-state index in [9.17, 15) is 14.4 Å². The van der Waals surface area contributed by atoms with Gasteiger partial charge < -0.3 is 14.8 Å². The van der Waals surface area contributed by atoms with Gasteiger partial charge in [0.05, 0.1) is 7.11 Å². The highest BCUT2D eigenvalue weighted by Crippen LogP contribution is 2.23. The fourth-order valence-electron chi connectivity index (χ4n) is 3.11. The molecule has 1 saturated carbocycles. The Bertz CT molecular complexity index is 811. The molecule has 1 fully saturated rings. The first-order valence-electron chi connectivity index (χ1n) is 9.46. The molecule has 29 heavy (non-hydrogen) atoms. The number of rotatable bonds is 6. The van der Waals surface area contributed by atoms with E-state index < -0.39 is 24.5 Å². The van der Waals surface area contributed by atoms with Crippen LogP contribution in [0.4, 0.5) is 4.79 Å². The third kappa shape index (κ3) is 6.96. The lowest BCUT2D eigenvalue weighted by molar-refractivity contribution is -0.144. The van der Waals surface area contributed by atoms with E-state index in [4.69, 9.17) is 14.7 Å². The number of esters is 1. The van der Waals surface area contributed by atoms with Crippen molar-refractivity contribution >= 4 is 24.0 Å². The standard InChI is InChI=1S/C21H25N3O5/c1-14-5-3-4-6-18(14)23-21(27)24-19(25)13-29-20(26)16(12-22)11-15-7-9-17(28-2)10-8-15/h7-11,14,18H,3-6,13H2,1-2H3,(H2,23,24,25,27)/b16-11+/t14-,18+/m1/s1. The number of amides is 3. The number of nitrogens with one attached hydrogen (secondary N) is 2. The van der Waals surface area contributed by atoms with Gasteiger partial charge in [-0.3, -0.25) is 10.1 Å². The Kier molecular flexibility index (Phi) is 8.22. The Balaban J connectivity index is 1.82. The smallest absolute Gasteiger partial charge is 0.349 e. The molecule has 2 rings (SSSR count). The molecule has 1 aromatic carbocycles. The van der Waals surface area contributed by atoms with E-state index >= 15 is 0 Å². The van der Waals surface area contributed by atoms with Crippen molar-refractivity contribution in [3.05, 3.63) is 35.4 Å². The molecule has 0 radical (unpaired) electrons. The van der Waals surface area contributed by atoms with Gasteiger partial charge in [-0.25, -0.2) is 9.59 Å². The largest absolute Gasteiger partial charge is 0.497 e. The molecular formula is C21H25N3O5. The van der Waals surface area contributed by atoms with E-state index in [2.05, 4.69) is 17.6 Å². The molecule has 0 unspecified atom stereocenters. The van der Waals surface area contributed by atoms with Crippen LogP contribution in [0.25, 0.3) is 6.08 Å². The van der Waals surface area contributed by atoms with Gasteiger partial charge in [0.2, 0.25) is 0 Å². The van der Waals surface area contributed by atoms with Gasteiger partial charge in [-0.05, 0) is 42.5 Å². The average molecular weight is 399 g/mol. The molecule has 1 aromatic rings. The number of methoxy groups -OCH3 is 1. The summed E-state index contributed by atoms with van der Waals surface area (Å²) in [6.45, 7) is 1.40. The van der Waals surface area contributed by atoms with Gasteiger partial charge in [0.25, 0.3) is 5.91 Å². The van der Waals surface area contributed by atoms with Crippen LogP contribution in [0, 0.1) is 17.2 Å². The van der Waals surface area contributed by atoms with E-state index in [0.29, 0.717) is 17.2 Å². The minimum Gasteiger partial charge on any atom is -0.497 e. The number of hydrogen-bond donors (Lipinski definition) is 2. The van der Waals surface area contributed by atoms with Crippen LogP contribution in [0.15, 0.2) is 29.8 Å². The van der Waals surface area contributed by atoms with Gasteiger partial charge in [-0.1, -0.05) is 31.9 Å². The molecule has 0 aromatic heterocycles. The molecule has 1 aliphatic carbocycles. The first-order valence-corrected chi connectivity index (χ1v) is 9.46. The Morgan fingerprint density at radius 2 is 1.90 bits per heavy atom. The lowest BCUT2D eigenvalue weighted by Gasteiger charge is -2.29. The van der Waals surface area contributed by atoms with Gasteiger partial charge in [-0.2, -0.15) is 5.26 Å². The molecule has 8 nitrogen and oxygen atoms in total. The van der Waals surface area contributed by atoms with E-state index in [0.717, 1.165) is 25.7 Å². The summed E-state index contributed by atoms with van der Waals surface area (Å²) in [5.41, 5.74) is 0.341. The number of carbonyl (C=O) groups is 3. The number of benzene rings is 1. The number of nitrogens with zero attached hydrogens (tertiary/aromatic N) is 1. The molecule has 3 amide bonds. The highest BCUT2D eigenvalue weighted by atomic mass is 16.5. The maximum Gasteiger partial charge on any atom is 0.349 e. The predicted molar refractivity (Wildman–Crippen MR) is 106 cm³/mol.